The van der Waals surface area contributed by atoms with E-state index in [1.807, 2.05) is 37.6 Å². The number of hydrogen-bond donors (Lipinski definition) is 0. The van der Waals surface area contributed by atoms with Crippen molar-refractivity contribution in [3.8, 4) is 0 Å². The van der Waals surface area contributed by atoms with Gasteiger partial charge in [-0.15, -0.1) is 0 Å². The third-order valence-electron chi connectivity index (χ3n) is 5.25. The minimum atomic E-state index is -4.38. The van der Waals surface area contributed by atoms with E-state index in [1.165, 1.54) is 0 Å². The number of halogens is 3. The molecule has 150 valence electrons. The fourth-order valence-electron chi connectivity index (χ4n) is 4.09. The Morgan fingerprint density at radius 2 is 2.04 bits per heavy atom. The van der Waals surface area contributed by atoms with Crippen molar-refractivity contribution < 1.29 is 13.2 Å². The molecule has 9 heteroatoms. The summed E-state index contributed by atoms with van der Waals surface area (Å²) in [6, 6.07) is 2.03. The molecule has 0 bridgehead atoms. The van der Waals surface area contributed by atoms with Crippen molar-refractivity contribution in [1.82, 2.24) is 28.8 Å². The lowest BCUT2D eigenvalue weighted by atomic mass is 9.99. The Hall–Kier alpha value is -2.42. The Balaban J connectivity index is 1.44. The zero-order valence-corrected chi connectivity index (χ0v) is 16.2. The molecule has 0 aliphatic carbocycles. The van der Waals surface area contributed by atoms with Gasteiger partial charge in [0, 0.05) is 43.6 Å². The summed E-state index contributed by atoms with van der Waals surface area (Å²) >= 11 is 0. The first-order chi connectivity index (χ1) is 13.2. The molecule has 28 heavy (non-hydrogen) atoms. The summed E-state index contributed by atoms with van der Waals surface area (Å²) in [4.78, 5) is 14.8. The summed E-state index contributed by atoms with van der Waals surface area (Å²) in [7, 11) is 2.03. The standard InChI is InChI=1S/C19H23F3N6/c1-12-6-13(2)28-15(7-23-18(28)24-12)10-26(3)8-14-4-5-17-25-16(19(20,21)22)11-27(17)9-14/h6-7,11,14H,4-5,8-10H2,1-3H3/t14-/m1/s1. The van der Waals surface area contributed by atoms with E-state index in [2.05, 4.69) is 19.9 Å². The van der Waals surface area contributed by atoms with Crippen molar-refractivity contribution in [3.63, 3.8) is 0 Å². The molecule has 1 aliphatic rings. The van der Waals surface area contributed by atoms with Gasteiger partial charge in [0.15, 0.2) is 5.69 Å². The van der Waals surface area contributed by atoms with Gasteiger partial charge in [-0.1, -0.05) is 0 Å². The molecule has 4 heterocycles. The Morgan fingerprint density at radius 3 is 2.79 bits per heavy atom. The molecule has 0 spiro atoms. The van der Waals surface area contributed by atoms with E-state index in [0.717, 1.165) is 36.2 Å². The van der Waals surface area contributed by atoms with E-state index in [-0.39, 0.29) is 5.92 Å². The summed E-state index contributed by atoms with van der Waals surface area (Å²) in [5.74, 6) is 1.51. The first-order valence-corrected chi connectivity index (χ1v) is 9.33. The molecule has 4 rings (SSSR count). The average molecular weight is 392 g/mol. The van der Waals surface area contributed by atoms with Gasteiger partial charge < -0.3 is 9.47 Å². The zero-order valence-electron chi connectivity index (χ0n) is 16.2. The van der Waals surface area contributed by atoms with E-state index in [0.29, 0.717) is 31.1 Å². The second-order valence-corrected chi connectivity index (χ2v) is 7.72. The predicted molar refractivity (Wildman–Crippen MR) is 97.8 cm³/mol. The quantitative estimate of drug-likeness (QED) is 0.684. The van der Waals surface area contributed by atoms with Gasteiger partial charge in [0.2, 0.25) is 5.78 Å². The van der Waals surface area contributed by atoms with Crippen molar-refractivity contribution in [3.05, 3.63) is 47.1 Å². The number of imidazole rings is 2. The molecule has 0 saturated carbocycles. The van der Waals surface area contributed by atoms with E-state index < -0.39 is 11.9 Å². The summed E-state index contributed by atoms with van der Waals surface area (Å²) in [6.45, 7) is 6.05. The number of hydrogen-bond acceptors (Lipinski definition) is 4. The molecule has 1 atom stereocenters. The minimum absolute atomic E-state index is 0.286. The molecule has 6 nitrogen and oxygen atoms in total. The Labute approximate surface area is 161 Å². The number of aromatic nitrogens is 5. The number of aryl methyl sites for hydroxylation is 3. The fraction of sp³-hybridized carbons (Fsp3) is 0.526. The summed E-state index contributed by atoms with van der Waals surface area (Å²) in [5, 5.41) is 0. The van der Waals surface area contributed by atoms with Crippen LogP contribution in [0.2, 0.25) is 0 Å². The van der Waals surface area contributed by atoms with Crippen molar-refractivity contribution in [2.75, 3.05) is 13.6 Å². The van der Waals surface area contributed by atoms with Gasteiger partial charge in [-0.05, 0) is 39.3 Å². The number of fused-ring (bicyclic) bond motifs is 2. The predicted octanol–water partition coefficient (Wildman–Crippen LogP) is 3.26. The van der Waals surface area contributed by atoms with Crippen LogP contribution in [-0.4, -0.2) is 42.4 Å². The van der Waals surface area contributed by atoms with E-state index in [4.69, 9.17) is 0 Å². The van der Waals surface area contributed by atoms with E-state index in [9.17, 15) is 13.2 Å². The topological polar surface area (TPSA) is 51.2 Å². The van der Waals surface area contributed by atoms with Gasteiger partial charge in [-0.25, -0.2) is 15.0 Å². The SMILES string of the molecule is Cc1cc(C)n2c(CN(C)C[C@H]3CCc4nc(C(F)(F)F)cn4C3)cnc2n1. The molecular weight excluding hydrogens is 369 g/mol. The second kappa shape index (κ2) is 6.88. The van der Waals surface area contributed by atoms with Crippen molar-refractivity contribution in [2.24, 2.45) is 5.92 Å². The van der Waals surface area contributed by atoms with E-state index >= 15 is 0 Å². The van der Waals surface area contributed by atoms with Crippen LogP contribution in [-0.2, 0) is 25.7 Å². The van der Waals surface area contributed by atoms with Crippen LogP contribution in [0.15, 0.2) is 18.5 Å². The molecule has 1 aliphatic heterocycles. The lowest BCUT2D eigenvalue weighted by molar-refractivity contribution is -0.141. The lowest BCUT2D eigenvalue weighted by Gasteiger charge is -2.28. The molecule has 0 amide bonds. The van der Waals surface area contributed by atoms with Gasteiger partial charge in [-0.2, -0.15) is 13.2 Å². The Kier molecular flexibility index (Phi) is 4.65. The average Bonchev–Trinajstić information content (AvgIpc) is 3.18. The Bertz CT molecular complexity index is 1000. The Morgan fingerprint density at radius 1 is 1.25 bits per heavy atom. The highest BCUT2D eigenvalue weighted by atomic mass is 19.4. The third-order valence-corrected chi connectivity index (χ3v) is 5.25. The minimum Gasteiger partial charge on any atom is -0.334 e. The second-order valence-electron chi connectivity index (χ2n) is 7.72. The largest absolute Gasteiger partial charge is 0.434 e. The highest BCUT2D eigenvalue weighted by Gasteiger charge is 2.35. The maximum Gasteiger partial charge on any atom is 0.434 e. The number of rotatable bonds is 4. The van der Waals surface area contributed by atoms with Crippen LogP contribution in [0.5, 0.6) is 0 Å². The molecule has 3 aromatic heterocycles. The number of alkyl halides is 3. The lowest BCUT2D eigenvalue weighted by Crippen LogP contribution is -2.31. The first kappa shape index (κ1) is 18.9. The van der Waals surface area contributed by atoms with Crippen molar-refractivity contribution in [2.45, 2.75) is 46.0 Å². The monoisotopic (exact) mass is 392 g/mol. The van der Waals surface area contributed by atoms with Crippen molar-refractivity contribution >= 4 is 5.78 Å². The zero-order chi connectivity index (χ0) is 20.1. The summed E-state index contributed by atoms with van der Waals surface area (Å²) in [6.07, 6.45) is 0.0150. The van der Waals surface area contributed by atoms with Gasteiger partial charge in [0.05, 0.1) is 11.9 Å². The highest BCUT2D eigenvalue weighted by molar-refractivity contribution is 5.35. The van der Waals surface area contributed by atoms with Crippen LogP contribution in [0.4, 0.5) is 13.2 Å². The van der Waals surface area contributed by atoms with Crippen LogP contribution in [0.3, 0.4) is 0 Å². The maximum absolute atomic E-state index is 12.9. The molecule has 0 aromatic carbocycles. The molecule has 3 aromatic rings. The molecule has 0 unspecified atom stereocenters. The highest BCUT2D eigenvalue weighted by Crippen LogP contribution is 2.30. The van der Waals surface area contributed by atoms with Gasteiger partial charge in [0.25, 0.3) is 0 Å². The van der Waals surface area contributed by atoms with Crippen LogP contribution in [0.25, 0.3) is 5.78 Å². The van der Waals surface area contributed by atoms with Crippen LogP contribution >= 0.6 is 0 Å². The van der Waals surface area contributed by atoms with Gasteiger partial charge in [0.1, 0.15) is 5.82 Å². The molecule has 0 N–H and O–H groups in total. The smallest absolute Gasteiger partial charge is 0.334 e. The molecule has 0 radical (unpaired) electrons. The van der Waals surface area contributed by atoms with Gasteiger partial charge in [-0.3, -0.25) is 4.40 Å². The van der Waals surface area contributed by atoms with Gasteiger partial charge >= 0.3 is 6.18 Å². The van der Waals surface area contributed by atoms with Crippen LogP contribution < -0.4 is 0 Å². The van der Waals surface area contributed by atoms with Crippen LogP contribution in [0.1, 0.15) is 35.0 Å². The first-order valence-electron chi connectivity index (χ1n) is 9.33. The molecule has 0 saturated heterocycles. The third kappa shape index (κ3) is 3.63. The fourth-order valence-corrected chi connectivity index (χ4v) is 4.09. The summed E-state index contributed by atoms with van der Waals surface area (Å²) in [5.41, 5.74) is 2.29. The van der Waals surface area contributed by atoms with E-state index in [1.54, 1.807) is 4.57 Å². The number of nitrogens with zero attached hydrogens (tertiary/aromatic N) is 6. The summed E-state index contributed by atoms with van der Waals surface area (Å²) < 4.78 is 42.4. The molecule has 0 fully saturated rings. The van der Waals surface area contributed by atoms with Crippen molar-refractivity contribution in [1.29, 1.82) is 0 Å². The maximum atomic E-state index is 12.9. The van der Waals surface area contributed by atoms with Crippen LogP contribution in [0, 0.1) is 19.8 Å². The molecular formula is C19H23F3N6. The normalized spacial score (nSPS) is 17.5.